The predicted octanol–water partition coefficient (Wildman–Crippen LogP) is 26.5. The number of carbonyl (C=O) groups is 7. The molecule has 31 heteroatoms. The molecule has 4 atom stereocenters. The lowest BCUT2D eigenvalue weighted by atomic mass is 9.83. The lowest BCUT2D eigenvalue weighted by Crippen LogP contribution is -2.34. The van der Waals surface area contributed by atoms with Gasteiger partial charge < -0.3 is 63.6 Å². The van der Waals surface area contributed by atoms with E-state index in [0.29, 0.717) is 69.0 Å². The number of rotatable bonds is 30. The second-order valence-electron chi connectivity index (χ2n) is 36.4. The van der Waals surface area contributed by atoms with Gasteiger partial charge in [0.25, 0.3) is 0 Å². The number of aryl methyl sites for hydroxylation is 1. The number of H-pyrrole nitrogens is 2. The summed E-state index contributed by atoms with van der Waals surface area (Å²) in [6, 6.07) is 45.7. The van der Waals surface area contributed by atoms with Gasteiger partial charge in [0.1, 0.15) is 0 Å². The second-order valence-corrected chi connectivity index (χ2v) is 40.9. The normalized spacial score (nSPS) is 13.3. The molecule has 0 saturated carbocycles. The molecule has 0 aliphatic carbocycles. The van der Waals surface area contributed by atoms with Crippen molar-refractivity contribution in [2.75, 3.05) is 41.7 Å². The standard InChI is InChI=1S/C25H31BrN2O2.C23H27BrN2O3.C21H23BrN2O3.C15H21NO4.C8H10BrNO.C7H8BrN.C7H10O3.ClH/c1-7-28-21-12-11-17(26)14-19(21)20(15-25(5,6)24(29)30-8-2)23(28)18-10-9-13-27-22(18)16(3)4;1-6-29-22(27)23(3,4)13-18-17-12-15(24)9-10-19(17)26-21(18)16-8-7-11-25-20(16)14(2)28-5;1-12(27-4)18-14(6-5-9-23-18)19-16(11-21(2,3)20(25)26)15-10-13(22)7-8-17(15)24-19;1-10(20-4)13-11(6-5-9-16-13)12(17)7-8-15(2,3)14(18)19;1-6(11-2)8-7(9)4-3-5-10-8;8-7-3-1-6(5-9)2-4-7;1-7(2)4-3-5(8)10-6(7)9;/h9-14,16H,7-8,15H2,1-6H3;7-12,14,26H,6,13H2,1-5H3;5-10,12,24H,11H2,1-4H3,(H,25,26);5-6,9-10H,7-8H2,1-4H3,(H,18,19);3-6H,1-2H3;1-4H,5,9H2;3-4H2,1-2H3;1H/t;14-;12-;10-;6-;;;/m.0000.../s1. The lowest BCUT2D eigenvalue weighted by molar-refractivity contribution is -0.172. The molecule has 0 bridgehead atoms. The van der Waals surface area contributed by atoms with Crippen molar-refractivity contribution in [1.82, 2.24) is 39.5 Å². The number of carboxylic acid groups (broad SMARTS) is 2. The minimum atomic E-state index is -0.912. The van der Waals surface area contributed by atoms with Gasteiger partial charge in [-0.25, -0.2) is 0 Å². The van der Waals surface area contributed by atoms with Crippen molar-refractivity contribution < 1.29 is 76.9 Å². The van der Waals surface area contributed by atoms with Gasteiger partial charge in [-0.1, -0.05) is 89.7 Å². The van der Waals surface area contributed by atoms with Crippen molar-refractivity contribution in [3.63, 3.8) is 0 Å². The number of methoxy groups -OCH3 is 4. The van der Waals surface area contributed by atoms with Crippen LogP contribution in [0.2, 0.25) is 0 Å². The molecule has 1 saturated heterocycles. The van der Waals surface area contributed by atoms with E-state index in [9.17, 15) is 38.7 Å². The zero-order valence-corrected chi connectivity index (χ0v) is 91.2. The average Bonchev–Trinajstić information content (AvgIpc) is 1.60. The number of halogens is 6. The SMILES string of the molecule is CC1(C)CCC(=O)OC1=O.CCOC(=O)C(C)(C)Cc1c(-c2cccnc2C(C)C)n(CC)c2ccc(Br)cc12.CCOC(=O)C(C)(C)Cc1c(-c2cccnc2[C@H](C)OC)[nH]c2ccc(Br)cc12.CO[C@@H](C)c1ncccc1-c1[nH]c2ccc(Br)cc2c1CC(C)(C)C(=O)O.CO[C@@H](C)c1ncccc1Br.CO[C@@H](C)c1ncccc1C(=O)CCC(C)(C)C(=O)O.Cl.NCc1ccc(Br)cc1. The molecular weight excluding hydrogens is 2090 g/mol. The highest BCUT2D eigenvalue weighted by Crippen LogP contribution is 2.45. The number of aliphatic carboxylic acids is 2. The van der Waals surface area contributed by atoms with Crippen LogP contribution in [0.3, 0.4) is 0 Å². The van der Waals surface area contributed by atoms with Crippen LogP contribution in [-0.4, -0.2) is 133 Å². The summed E-state index contributed by atoms with van der Waals surface area (Å²) in [5.41, 5.74) is 20.1. The molecule has 0 radical (unpaired) electrons. The maximum absolute atomic E-state index is 12.7. The quantitative estimate of drug-likeness (QED) is 0.0121. The van der Waals surface area contributed by atoms with Gasteiger partial charge in [0.2, 0.25) is 0 Å². The van der Waals surface area contributed by atoms with Crippen LogP contribution in [0, 0.1) is 27.1 Å². The minimum absolute atomic E-state index is 0. The third-order valence-corrected chi connectivity index (χ3v) is 26.1. The van der Waals surface area contributed by atoms with Crippen LogP contribution in [0.15, 0.2) is 193 Å². The summed E-state index contributed by atoms with van der Waals surface area (Å²) in [7, 11) is 6.56. The molecule has 0 unspecified atom stereocenters. The third kappa shape index (κ3) is 31.5. The minimum Gasteiger partial charge on any atom is -0.481 e. The molecule has 0 spiro atoms. The van der Waals surface area contributed by atoms with Crippen LogP contribution in [0.5, 0.6) is 0 Å². The first-order valence-electron chi connectivity index (χ1n) is 45.1. The number of pyridine rings is 5. The van der Waals surface area contributed by atoms with Crippen LogP contribution >= 0.6 is 92.1 Å². The number of aromatic amines is 2. The fourth-order valence-electron chi connectivity index (χ4n) is 14.9. The molecule has 8 aromatic heterocycles. The molecule has 12 aromatic rings. The summed E-state index contributed by atoms with van der Waals surface area (Å²) in [5.74, 6) is -2.71. The van der Waals surface area contributed by atoms with E-state index in [2.05, 4.69) is 170 Å². The molecule has 1 aliphatic rings. The maximum Gasteiger partial charge on any atom is 0.319 e. The predicted molar refractivity (Wildman–Crippen MR) is 561 cm³/mol. The van der Waals surface area contributed by atoms with Crippen LogP contribution in [0.4, 0.5) is 0 Å². The number of nitrogens with zero attached hydrogens (tertiary/aromatic N) is 6. The summed E-state index contributed by atoms with van der Waals surface area (Å²) in [6.07, 6.45) is 11.1. The van der Waals surface area contributed by atoms with Crippen molar-refractivity contribution in [3.8, 4) is 33.8 Å². The second kappa shape index (κ2) is 53.2. The van der Waals surface area contributed by atoms with Crippen LogP contribution in [0.25, 0.3) is 66.5 Å². The van der Waals surface area contributed by atoms with Crippen LogP contribution < -0.4 is 5.73 Å². The maximum atomic E-state index is 12.7. The van der Waals surface area contributed by atoms with E-state index >= 15 is 0 Å². The van der Waals surface area contributed by atoms with Gasteiger partial charge in [-0.2, -0.15) is 0 Å². The average molecular weight is 2220 g/mol. The summed E-state index contributed by atoms with van der Waals surface area (Å²) in [4.78, 5) is 111. The number of fused-ring (bicyclic) bond motifs is 3. The van der Waals surface area contributed by atoms with E-state index in [-0.39, 0.29) is 67.4 Å². The Bertz CT molecular complexity index is 6090. The highest BCUT2D eigenvalue weighted by Gasteiger charge is 2.39. The van der Waals surface area contributed by atoms with Gasteiger partial charge in [0.15, 0.2) is 5.78 Å². The van der Waals surface area contributed by atoms with Crippen molar-refractivity contribution >= 4 is 166 Å². The highest BCUT2D eigenvalue weighted by molar-refractivity contribution is 9.11. The Kier molecular flexibility index (Phi) is 45.1. The molecule has 137 heavy (non-hydrogen) atoms. The van der Waals surface area contributed by atoms with Gasteiger partial charge in [-0.3, -0.25) is 58.5 Å². The van der Waals surface area contributed by atoms with Crippen molar-refractivity contribution in [2.24, 2.45) is 32.8 Å². The van der Waals surface area contributed by atoms with Crippen molar-refractivity contribution in [3.05, 3.63) is 249 Å². The summed E-state index contributed by atoms with van der Waals surface area (Å²) in [5, 5.41) is 22.0. The molecule has 738 valence electrons. The monoisotopic (exact) mass is 2220 g/mol. The first kappa shape index (κ1) is 116. The number of ether oxygens (including phenoxy) is 7. The van der Waals surface area contributed by atoms with Gasteiger partial charge >= 0.3 is 35.8 Å². The number of nitrogens with two attached hydrogens (primary N) is 1. The molecule has 6 N–H and O–H groups in total. The number of hydrogen-bond acceptors (Lipinski definition) is 20. The molecule has 1 aliphatic heterocycles. The van der Waals surface area contributed by atoms with Crippen LogP contribution in [0.1, 0.15) is 249 Å². The number of carboxylic acids is 2. The number of cyclic esters (lactones) is 2. The van der Waals surface area contributed by atoms with E-state index in [0.717, 1.165) is 124 Å². The Balaban J connectivity index is 0.000000255. The Morgan fingerprint density at radius 3 is 1.31 bits per heavy atom. The molecule has 13 rings (SSSR count). The van der Waals surface area contributed by atoms with E-state index in [4.69, 9.17) is 44.2 Å². The summed E-state index contributed by atoms with van der Waals surface area (Å²) < 4.78 is 43.9. The first-order valence-corrected chi connectivity index (χ1v) is 49.1. The molecular formula is C106H131Br5ClN9O16. The Morgan fingerprint density at radius 1 is 0.496 bits per heavy atom. The number of aromatic nitrogens is 8. The smallest absolute Gasteiger partial charge is 0.319 e. The highest BCUT2D eigenvalue weighted by atomic mass is 79.9. The Labute approximate surface area is 853 Å². The molecule has 4 aromatic carbocycles. The van der Waals surface area contributed by atoms with Crippen molar-refractivity contribution in [2.45, 2.75) is 220 Å². The fourth-order valence-corrected chi connectivity index (χ4v) is 16.8. The Morgan fingerprint density at radius 2 is 0.891 bits per heavy atom. The first-order chi connectivity index (χ1) is 64.1. The number of carbonyl (C=O) groups excluding carboxylic acids is 5. The zero-order chi connectivity index (χ0) is 101. The number of benzene rings is 4. The van der Waals surface area contributed by atoms with Gasteiger partial charge in [0.05, 0.1) is 110 Å². The molecule has 1 fully saturated rings. The van der Waals surface area contributed by atoms with E-state index in [1.54, 1.807) is 107 Å². The summed E-state index contributed by atoms with van der Waals surface area (Å²) in [6.45, 7) is 38.2. The number of esters is 4. The van der Waals surface area contributed by atoms with E-state index < -0.39 is 51.0 Å². The zero-order valence-electron chi connectivity index (χ0n) is 82.5. The summed E-state index contributed by atoms with van der Waals surface area (Å²) >= 11 is 17.5. The third-order valence-electron chi connectivity index (χ3n) is 23.4. The molecule has 25 nitrogen and oxygen atoms in total. The van der Waals surface area contributed by atoms with E-state index in [1.165, 1.54) is 16.6 Å². The topological polar surface area (TPSA) is 352 Å². The largest absolute Gasteiger partial charge is 0.481 e. The molecule has 9 heterocycles. The van der Waals surface area contributed by atoms with Gasteiger partial charge in [-0.15, -0.1) is 12.4 Å². The number of Topliss-reactive ketones (excluding diaryl/α,β-unsaturated/α-hetero) is 1. The lowest BCUT2D eigenvalue weighted by Gasteiger charge is -2.25. The van der Waals surface area contributed by atoms with Gasteiger partial charge in [-0.05, 0) is 321 Å². The molecule has 0 amide bonds. The fraction of sp³-hybridized carbons (Fsp3) is 0.415. The number of nitrogens with one attached hydrogen (secondary N) is 2. The Hall–Kier alpha value is -9.57. The number of ketones is 1. The van der Waals surface area contributed by atoms with E-state index in [1.807, 2.05) is 172 Å². The van der Waals surface area contributed by atoms with Gasteiger partial charge in [0, 0.05) is 163 Å². The van der Waals surface area contributed by atoms with Crippen LogP contribution in [-0.2, 0) is 94.3 Å². The van der Waals surface area contributed by atoms with Crippen molar-refractivity contribution in [1.29, 1.82) is 0 Å². The number of hydrogen-bond donors (Lipinski definition) is 5.